The highest BCUT2D eigenvalue weighted by molar-refractivity contribution is 8.02. The van der Waals surface area contributed by atoms with Crippen LogP contribution >= 0.6 is 11.8 Å². The third-order valence-electron chi connectivity index (χ3n) is 3.63. The van der Waals surface area contributed by atoms with Gasteiger partial charge in [-0.15, -0.1) is 11.8 Å². The van der Waals surface area contributed by atoms with Gasteiger partial charge in [-0.2, -0.15) is 0 Å². The maximum Gasteiger partial charge on any atom is 0.251 e. The molecule has 0 aromatic heterocycles. The first-order valence-corrected chi connectivity index (χ1v) is 8.61. The van der Waals surface area contributed by atoms with E-state index < -0.39 is 5.54 Å². The molecule has 1 unspecified atom stereocenters. The summed E-state index contributed by atoms with van der Waals surface area (Å²) in [5, 5.41) is 7.44. The molecule has 0 saturated heterocycles. The van der Waals surface area contributed by atoms with E-state index in [2.05, 4.69) is 10.6 Å². The van der Waals surface area contributed by atoms with E-state index in [0.29, 0.717) is 23.2 Å². The molecule has 1 aliphatic heterocycles. The van der Waals surface area contributed by atoms with Crippen molar-refractivity contribution in [3.63, 3.8) is 0 Å². The van der Waals surface area contributed by atoms with Gasteiger partial charge in [-0.25, -0.2) is 0 Å². The summed E-state index contributed by atoms with van der Waals surface area (Å²) in [6, 6.07) is 0. The molecule has 126 valence electrons. The number of allylic oxidation sites excluding steroid dienone is 4. The molecular formula is C18H20N2O3S. The van der Waals surface area contributed by atoms with Gasteiger partial charge in [-0.05, 0) is 30.9 Å². The van der Waals surface area contributed by atoms with E-state index in [0.717, 1.165) is 5.57 Å². The standard InChI is InChI=1S/C18H20N2O3S/c1-13-5-3-7-18(2,11-15(13)17(23)19-8-9-21)20-16(22)14-6-4-10-24-12-14/h3-7,9-11H,8,12H2,1-2H3,(H,19,23)(H,20,22). The van der Waals surface area contributed by atoms with Gasteiger partial charge in [0.15, 0.2) is 0 Å². The highest BCUT2D eigenvalue weighted by Crippen LogP contribution is 2.22. The summed E-state index contributed by atoms with van der Waals surface area (Å²) in [4.78, 5) is 35.2. The highest BCUT2D eigenvalue weighted by atomic mass is 32.2. The first-order valence-electron chi connectivity index (χ1n) is 7.56. The van der Waals surface area contributed by atoms with Crippen molar-refractivity contribution < 1.29 is 14.4 Å². The van der Waals surface area contributed by atoms with Crippen LogP contribution in [0.5, 0.6) is 0 Å². The van der Waals surface area contributed by atoms with Crippen LogP contribution in [0.4, 0.5) is 0 Å². The molecule has 1 aliphatic carbocycles. The lowest BCUT2D eigenvalue weighted by molar-refractivity contribution is -0.119. The molecular weight excluding hydrogens is 324 g/mol. The van der Waals surface area contributed by atoms with Crippen LogP contribution in [0, 0.1) is 0 Å². The lowest BCUT2D eigenvalue weighted by Crippen LogP contribution is -2.44. The number of thioether (sulfide) groups is 1. The predicted octanol–water partition coefficient (Wildman–Crippen LogP) is 1.81. The smallest absolute Gasteiger partial charge is 0.251 e. The molecule has 0 aromatic rings. The van der Waals surface area contributed by atoms with Gasteiger partial charge in [0.25, 0.3) is 5.91 Å². The Morgan fingerprint density at radius 1 is 1.29 bits per heavy atom. The molecule has 0 saturated carbocycles. The molecule has 0 fully saturated rings. The second-order valence-corrected chi connectivity index (χ2v) is 6.61. The van der Waals surface area contributed by atoms with E-state index in [-0.39, 0.29) is 18.4 Å². The van der Waals surface area contributed by atoms with Gasteiger partial charge < -0.3 is 15.4 Å². The molecule has 2 aliphatic rings. The Balaban J connectivity index is 2.23. The number of carbonyl (C=O) groups excluding carboxylic acids is 3. The number of carbonyl (C=O) groups is 3. The van der Waals surface area contributed by atoms with Gasteiger partial charge in [0.2, 0.25) is 5.91 Å². The minimum atomic E-state index is -0.800. The third kappa shape index (κ3) is 4.58. The Labute approximate surface area is 145 Å². The number of hydrogen-bond donors (Lipinski definition) is 2. The van der Waals surface area contributed by atoms with E-state index in [1.165, 1.54) is 0 Å². The van der Waals surface area contributed by atoms with Crippen molar-refractivity contribution in [2.24, 2.45) is 0 Å². The van der Waals surface area contributed by atoms with Crippen LogP contribution in [0.1, 0.15) is 13.8 Å². The summed E-state index contributed by atoms with van der Waals surface area (Å²) in [7, 11) is 0. The Kier molecular flexibility index (Phi) is 5.98. The maximum absolute atomic E-state index is 12.5. The second kappa shape index (κ2) is 7.97. The van der Waals surface area contributed by atoms with Crippen molar-refractivity contribution >= 4 is 29.9 Å². The molecule has 2 rings (SSSR count). The molecule has 0 bridgehead atoms. The number of hydrogen-bond acceptors (Lipinski definition) is 4. The molecule has 1 atom stereocenters. The van der Waals surface area contributed by atoms with Crippen molar-refractivity contribution in [3.8, 4) is 0 Å². The summed E-state index contributed by atoms with van der Waals surface area (Å²) < 4.78 is 0. The van der Waals surface area contributed by atoms with Crippen LogP contribution in [0.15, 0.2) is 58.6 Å². The van der Waals surface area contributed by atoms with Crippen molar-refractivity contribution in [1.82, 2.24) is 10.6 Å². The zero-order chi connectivity index (χ0) is 17.6. The van der Waals surface area contributed by atoms with Gasteiger partial charge in [0, 0.05) is 16.9 Å². The molecule has 2 amide bonds. The van der Waals surface area contributed by atoms with Gasteiger partial charge >= 0.3 is 0 Å². The Morgan fingerprint density at radius 2 is 2.08 bits per heavy atom. The molecule has 24 heavy (non-hydrogen) atoms. The normalized spacial score (nSPS) is 22.7. The molecule has 5 nitrogen and oxygen atoms in total. The lowest BCUT2D eigenvalue weighted by atomic mass is 9.96. The monoisotopic (exact) mass is 344 g/mol. The molecule has 6 heteroatoms. The van der Waals surface area contributed by atoms with E-state index >= 15 is 0 Å². The maximum atomic E-state index is 12.5. The van der Waals surface area contributed by atoms with Crippen molar-refractivity contribution in [1.29, 1.82) is 0 Å². The largest absolute Gasteiger partial charge is 0.345 e. The van der Waals surface area contributed by atoms with Crippen LogP contribution in [-0.4, -0.2) is 35.9 Å². The number of nitrogens with one attached hydrogen (secondary N) is 2. The summed E-state index contributed by atoms with van der Waals surface area (Å²) >= 11 is 1.56. The highest BCUT2D eigenvalue weighted by Gasteiger charge is 2.26. The summed E-state index contributed by atoms with van der Waals surface area (Å²) in [6.07, 6.45) is 11.4. The average Bonchev–Trinajstić information content (AvgIpc) is 2.72. The average molecular weight is 344 g/mol. The van der Waals surface area contributed by atoms with Crippen molar-refractivity contribution in [2.75, 3.05) is 12.3 Å². The summed E-state index contributed by atoms with van der Waals surface area (Å²) in [5.41, 5.74) is 1.09. The fourth-order valence-corrected chi connectivity index (χ4v) is 3.05. The molecule has 2 N–H and O–H groups in total. The third-order valence-corrected chi connectivity index (χ3v) is 4.46. The summed E-state index contributed by atoms with van der Waals surface area (Å²) in [5.74, 6) is 0.119. The molecule has 0 aromatic carbocycles. The topological polar surface area (TPSA) is 75.3 Å². The quantitative estimate of drug-likeness (QED) is 0.746. The molecule has 1 heterocycles. The molecule has 0 spiro atoms. The number of amides is 2. The van der Waals surface area contributed by atoms with Crippen molar-refractivity contribution in [2.45, 2.75) is 19.4 Å². The van der Waals surface area contributed by atoms with Gasteiger partial charge in [-0.1, -0.05) is 30.4 Å². The SMILES string of the molecule is CC1=CC=CC(C)(NC(=O)C2=CC=CSC2)C=C1C(=O)NCC=O. The van der Waals surface area contributed by atoms with Crippen LogP contribution in [-0.2, 0) is 14.4 Å². The Hall–Kier alpha value is -2.34. The molecule has 0 radical (unpaired) electrons. The van der Waals surface area contributed by atoms with Gasteiger partial charge in [0.1, 0.15) is 6.29 Å². The van der Waals surface area contributed by atoms with Crippen LogP contribution < -0.4 is 10.6 Å². The fourth-order valence-electron chi connectivity index (χ4n) is 2.36. The van der Waals surface area contributed by atoms with Gasteiger partial charge in [-0.3, -0.25) is 9.59 Å². The second-order valence-electron chi connectivity index (χ2n) is 5.71. The summed E-state index contributed by atoms with van der Waals surface area (Å²) in [6.45, 7) is 3.60. The van der Waals surface area contributed by atoms with Crippen molar-refractivity contribution in [3.05, 3.63) is 58.6 Å². The van der Waals surface area contributed by atoms with Gasteiger partial charge in [0.05, 0.1) is 12.1 Å². The van der Waals surface area contributed by atoms with E-state index in [4.69, 9.17) is 0 Å². The van der Waals surface area contributed by atoms with E-state index in [1.54, 1.807) is 23.9 Å². The van der Waals surface area contributed by atoms with E-state index in [1.807, 2.05) is 43.6 Å². The zero-order valence-electron chi connectivity index (χ0n) is 13.7. The minimum absolute atomic E-state index is 0.0452. The Bertz CT molecular complexity index is 701. The first-order chi connectivity index (χ1) is 11.4. The Morgan fingerprint density at radius 3 is 2.75 bits per heavy atom. The number of aldehydes is 1. The first kappa shape index (κ1) is 18.0. The van der Waals surface area contributed by atoms with Crippen LogP contribution in [0.2, 0.25) is 0 Å². The minimum Gasteiger partial charge on any atom is -0.345 e. The lowest BCUT2D eigenvalue weighted by Gasteiger charge is -2.25. The fraction of sp³-hybridized carbons (Fsp3) is 0.278. The zero-order valence-corrected chi connectivity index (χ0v) is 14.5. The number of rotatable bonds is 5. The van der Waals surface area contributed by atoms with Crippen LogP contribution in [0.25, 0.3) is 0 Å². The van der Waals surface area contributed by atoms with E-state index in [9.17, 15) is 14.4 Å². The van der Waals surface area contributed by atoms with Crippen LogP contribution in [0.3, 0.4) is 0 Å². The predicted molar refractivity (Wildman–Crippen MR) is 96.3 cm³/mol.